The van der Waals surface area contributed by atoms with Crippen LogP contribution in [-0.4, -0.2) is 22.8 Å². The monoisotopic (exact) mass is 493 g/mol. The summed E-state index contributed by atoms with van der Waals surface area (Å²) in [5.74, 6) is -1.63. The second-order valence-corrected chi connectivity index (χ2v) is 8.41. The van der Waals surface area contributed by atoms with E-state index in [2.05, 4.69) is 15.9 Å². The summed E-state index contributed by atoms with van der Waals surface area (Å²) in [5, 5.41) is 12.7. The number of nitrogens with zero attached hydrogens (tertiary/aromatic N) is 3. The second kappa shape index (κ2) is 7.85. The minimum absolute atomic E-state index is 0.107. The van der Waals surface area contributed by atoms with Gasteiger partial charge in [-0.05, 0) is 35.9 Å². The van der Waals surface area contributed by atoms with Crippen molar-refractivity contribution < 1.29 is 19.3 Å². The summed E-state index contributed by atoms with van der Waals surface area (Å²) in [6, 6.07) is 21.4. The van der Waals surface area contributed by atoms with E-state index in [0.29, 0.717) is 11.4 Å². The maximum Gasteiger partial charge on any atom is 0.271 e. The van der Waals surface area contributed by atoms with Crippen molar-refractivity contribution in [2.75, 3.05) is 9.96 Å². The number of hydrogen-bond acceptors (Lipinski definition) is 6. The zero-order valence-corrected chi connectivity index (χ0v) is 18.1. The van der Waals surface area contributed by atoms with Crippen molar-refractivity contribution in [1.29, 1.82) is 0 Å². The number of halogens is 1. The van der Waals surface area contributed by atoms with Crippen LogP contribution in [0.25, 0.3) is 0 Å². The summed E-state index contributed by atoms with van der Waals surface area (Å²) < 4.78 is 0.829. The van der Waals surface area contributed by atoms with Crippen LogP contribution in [0.2, 0.25) is 0 Å². The Morgan fingerprint density at radius 2 is 1.59 bits per heavy atom. The van der Waals surface area contributed by atoms with Crippen LogP contribution in [0.5, 0.6) is 0 Å². The summed E-state index contributed by atoms with van der Waals surface area (Å²) in [5.41, 5.74) is 1.53. The Kier molecular flexibility index (Phi) is 4.99. The van der Waals surface area contributed by atoms with Crippen LogP contribution >= 0.6 is 15.9 Å². The van der Waals surface area contributed by atoms with E-state index < -0.39 is 28.9 Å². The van der Waals surface area contributed by atoms with Gasteiger partial charge in [0.15, 0.2) is 6.10 Å². The molecule has 2 fully saturated rings. The third kappa shape index (κ3) is 3.26. The number of hydroxylamine groups is 1. The van der Waals surface area contributed by atoms with Gasteiger partial charge in [-0.25, -0.2) is 9.96 Å². The first-order chi connectivity index (χ1) is 15.5. The highest BCUT2D eigenvalue weighted by Crippen LogP contribution is 2.47. The van der Waals surface area contributed by atoms with E-state index in [1.807, 2.05) is 30.3 Å². The molecule has 2 amide bonds. The molecule has 5 rings (SSSR count). The van der Waals surface area contributed by atoms with Gasteiger partial charge < -0.3 is 0 Å². The van der Waals surface area contributed by atoms with Crippen LogP contribution in [0.4, 0.5) is 17.1 Å². The number of imide groups is 1. The molecule has 160 valence electrons. The summed E-state index contributed by atoms with van der Waals surface area (Å²) >= 11 is 3.36. The van der Waals surface area contributed by atoms with Crippen molar-refractivity contribution >= 4 is 44.8 Å². The molecule has 3 aromatic rings. The molecule has 2 aliphatic heterocycles. The number of non-ortho nitro benzene ring substituents is 1. The molecule has 0 bridgehead atoms. The maximum absolute atomic E-state index is 13.5. The summed E-state index contributed by atoms with van der Waals surface area (Å²) in [6.07, 6.45) is -1.03. The van der Waals surface area contributed by atoms with Crippen LogP contribution in [0.15, 0.2) is 83.3 Å². The Morgan fingerprint density at radius 1 is 0.875 bits per heavy atom. The number of nitro benzene ring substituents is 1. The summed E-state index contributed by atoms with van der Waals surface area (Å²) in [4.78, 5) is 44.7. The fourth-order valence-corrected chi connectivity index (χ4v) is 4.48. The van der Waals surface area contributed by atoms with Gasteiger partial charge in [-0.2, -0.15) is 0 Å². The quantitative estimate of drug-likeness (QED) is 0.303. The number of benzene rings is 3. The van der Waals surface area contributed by atoms with E-state index in [0.717, 1.165) is 14.9 Å². The number of carbonyl (C=O) groups excluding carboxylic acids is 2. The summed E-state index contributed by atoms with van der Waals surface area (Å²) in [7, 11) is 0. The number of hydrogen-bond donors (Lipinski definition) is 0. The number of nitro groups is 1. The topological polar surface area (TPSA) is 93.0 Å². The molecule has 32 heavy (non-hydrogen) atoms. The largest absolute Gasteiger partial charge is 0.273 e. The molecule has 0 spiro atoms. The number of fused-ring (bicyclic) bond motifs is 1. The maximum atomic E-state index is 13.5. The first-order valence-corrected chi connectivity index (χ1v) is 10.6. The fourth-order valence-electron chi connectivity index (χ4n) is 4.22. The lowest BCUT2D eigenvalue weighted by Gasteiger charge is -2.28. The molecular formula is C23H16BrN3O5. The van der Waals surface area contributed by atoms with E-state index in [1.165, 1.54) is 17.2 Å². The highest BCUT2D eigenvalue weighted by Gasteiger charge is 2.60. The average molecular weight is 494 g/mol. The van der Waals surface area contributed by atoms with Gasteiger partial charge in [-0.3, -0.25) is 24.5 Å². The van der Waals surface area contributed by atoms with Crippen LogP contribution in [0, 0.1) is 16.0 Å². The zero-order valence-electron chi connectivity index (χ0n) is 16.5. The van der Waals surface area contributed by atoms with Gasteiger partial charge in [0.1, 0.15) is 5.92 Å². The van der Waals surface area contributed by atoms with Crippen LogP contribution in [0.3, 0.4) is 0 Å². The standard InChI is InChI=1S/C23H16BrN3O5/c24-15-9-11-16(12-10-15)25-22(28)19-20(14-5-2-1-3-6-14)26(32-21(19)23(25)29)17-7-4-8-18(13-17)27(30)31/h1-13,19-21H. The molecular weight excluding hydrogens is 478 g/mol. The molecule has 2 heterocycles. The SMILES string of the molecule is O=C1C2ON(c3cccc([N+](=O)[O-])c3)C(c3ccccc3)C2C(=O)N1c1ccc(Br)cc1. The fraction of sp³-hybridized carbons (Fsp3) is 0.130. The third-order valence-electron chi connectivity index (χ3n) is 5.64. The van der Waals surface area contributed by atoms with Crippen molar-refractivity contribution in [3.8, 4) is 0 Å². The third-order valence-corrected chi connectivity index (χ3v) is 6.17. The minimum Gasteiger partial charge on any atom is -0.273 e. The Bertz CT molecular complexity index is 1220. The number of carbonyl (C=O) groups is 2. The van der Waals surface area contributed by atoms with Gasteiger partial charge in [-0.1, -0.05) is 52.3 Å². The molecule has 3 unspecified atom stereocenters. The van der Waals surface area contributed by atoms with E-state index >= 15 is 0 Å². The molecule has 0 aliphatic carbocycles. The molecule has 3 aromatic carbocycles. The highest BCUT2D eigenvalue weighted by molar-refractivity contribution is 9.10. The van der Waals surface area contributed by atoms with Gasteiger partial charge in [0.05, 0.1) is 22.3 Å². The number of amides is 2. The van der Waals surface area contributed by atoms with Crippen molar-refractivity contribution in [2.24, 2.45) is 5.92 Å². The van der Waals surface area contributed by atoms with E-state index in [-0.39, 0.29) is 11.6 Å². The first-order valence-electron chi connectivity index (χ1n) is 9.84. The second-order valence-electron chi connectivity index (χ2n) is 7.50. The molecule has 8 nitrogen and oxygen atoms in total. The Morgan fingerprint density at radius 3 is 2.28 bits per heavy atom. The van der Waals surface area contributed by atoms with E-state index in [9.17, 15) is 19.7 Å². The Balaban J connectivity index is 1.58. The molecule has 0 radical (unpaired) electrons. The van der Waals surface area contributed by atoms with Crippen LogP contribution < -0.4 is 9.96 Å². The van der Waals surface area contributed by atoms with Gasteiger partial charge >= 0.3 is 0 Å². The van der Waals surface area contributed by atoms with Crippen molar-refractivity contribution in [2.45, 2.75) is 12.1 Å². The van der Waals surface area contributed by atoms with Gasteiger partial charge in [0.25, 0.3) is 11.6 Å². The molecule has 3 atom stereocenters. The number of anilines is 2. The highest BCUT2D eigenvalue weighted by atomic mass is 79.9. The molecule has 9 heteroatoms. The normalized spacial score (nSPS) is 22.3. The molecule has 2 saturated heterocycles. The summed E-state index contributed by atoms with van der Waals surface area (Å²) in [6.45, 7) is 0. The molecule has 0 saturated carbocycles. The molecule has 2 aliphatic rings. The Labute approximate surface area is 191 Å². The zero-order chi connectivity index (χ0) is 22.4. The van der Waals surface area contributed by atoms with E-state index in [4.69, 9.17) is 4.84 Å². The number of rotatable bonds is 4. The van der Waals surface area contributed by atoms with Crippen LogP contribution in [-0.2, 0) is 14.4 Å². The lowest BCUT2D eigenvalue weighted by atomic mass is 9.90. The van der Waals surface area contributed by atoms with Crippen molar-refractivity contribution in [1.82, 2.24) is 0 Å². The lowest BCUT2D eigenvalue weighted by molar-refractivity contribution is -0.384. The predicted octanol–water partition coefficient (Wildman–Crippen LogP) is 4.41. The Hall–Kier alpha value is -3.56. The van der Waals surface area contributed by atoms with Crippen molar-refractivity contribution in [3.05, 3.63) is 99.0 Å². The van der Waals surface area contributed by atoms with Crippen LogP contribution in [0.1, 0.15) is 11.6 Å². The molecule has 0 N–H and O–H groups in total. The van der Waals surface area contributed by atoms with Gasteiger partial charge in [-0.15, -0.1) is 0 Å². The molecule has 0 aromatic heterocycles. The smallest absolute Gasteiger partial charge is 0.271 e. The van der Waals surface area contributed by atoms with E-state index in [1.54, 1.807) is 36.4 Å². The van der Waals surface area contributed by atoms with Gasteiger partial charge in [0.2, 0.25) is 5.91 Å². The lowest BCUT2D eigenvalue weighted by Crippen LogP contribution is -2.37. The predicted molar refractivity (Wildman–Crippen MR) is 120 cm³/mol. The average Bonchev–Trinajstić information content (AvgIpc) is 3.31. The minimum atomic E-state index is -1.03. The van der Waals surface area contributed by atoms with Crippen molar-refractivity contribution in [3.63, 3.8) is 0 Å². The van der Waals surface area contributed by atoms with Gasteiger partial charge in [0, 0.05) is 16.6 Å². The first kappa shape index (κ1) is 20.3.